The number of methoxy groups -OCH3 is 1. The fourth-order valence-corrected chi connectivity index (χ4v) is 5.56. The zero-order chi connectivity index (χ0) is 28.8. The van der Waals surface area contributed by atoms with Crippen LogP contribution in [0.4, 0.5) is 0 Å². The van der Waals surface area contributed by atoms with Gasteiger partial charge >= 0.3 is 0 Å². The Morgan fingerprint density at radius 1 is 1.12 bits per heavy atom. The highest BCUT2D eigenvalue weighted by Crippen LogP contribution is 2.37. The Morgan fingerprint density at radius 2 is 1.93 bits per heavy atom. The number of piperidine rings is 1. The van der Waals surface area contributed by atoms with Crippen molar-refractivity contribution in [3.63, 3.8) is 0 Å². The third-order valence-electron chi connectivity index (χ3n) is 8.06. The van der Waals surface area contributed by atoms with E-state index in [2.05, 4.69) is 10.6 Å². The number of ether oxygens (including phenoxy) is 2. The van der Waals surface area contributed by atoms with Crippen LogP contribution in [0, 0.1) is 12.8 Å². The Labute approximate surface area is 238 Å². The van der Waals surface area contributed by atoms with E-state index < -0.39 is 0 Å². The molecule has 0 bridgehead atoms. The maximum Gasteiger partial charge on any atom is 0.260 e. The van der Waals surface area contributed by atoms with Gasteiger partial charge in [-0.05, 0) is 56.7 Å². The molecular weight excluding hydrogens is 522 g/mol. The molecule has 2 N–H and O–H groups in total. The van der Waals surface area contributed by atoms with Crippen LogP contribution in [0.2, 0.25) is 0 Å². The largest absolute Gasteiger partial charge is 0.482 e. The predicted molar refractivity (Wildman–Crippen MR) is 155 cm³/mol. The van der Waals surface area contributed by atoms with E-state index in [1.165, 1.54) is 17.7 Å². The Morgan fingerprint density at radius 3 is 2.63 bits per heavy atom. The Hall–Kier alpha value is -4.12. The van der Waals surface area contributed by atoms with Gasteiger partial charge in [0.1, 0.15) is 17.0 Å². The summed E-state index contributed by atoms with van der Waals surface area (Å²) in [6.45, 7) is 4.00. The standard InChI is InChI=1S/C30H37N7O4/c1-18-28(32-24-13-21(14-27(40-4)37(18)24)30(39)35-11-5-6-22(31)16-35)23-12-20-9-10-25(41-17-26(38)34(2)3)33-29(20)36(23)15-19-7-8-19/h9-10,12-14,19,22H,5-8,11,15-17,31H2,1-4H3. The minimum atomic E-state index is -0.129. The summed E-state index contributed by atoms with van der Waals surface area (Å²) in [4.78, 5) is 38.6. The number of carbonyl (C=O) groups is 2. The molecule has 1 atom stereocenters. The number of pyridine rings is 2. The van der Waals surface area contributed by atoms with E-state index in [9.17, 15) is 9.59 Å². The summed E-state index contributed by atoms with van der Waals surface area (Å²) < 4.78 is 15.6. The highest BCUT2D eigenvalue weighted by molar-refractivity contribution is 5.96. The molecule has 0 aromatic carbocycles. The molecule has 1 aliphatic carbocycles. The predicted octanol–water partition coefficient (Wildman–Crippen LogP) is 3.11. The van der Waals surface area contributed by atoms with Gasteiger partial charge in [-0.1, -0.05) is 0 Å². The number of aryl methyl sites for hydroxylation is 1. The zero-order valence-electron chi connectivity index (χ0n) is 24.1. The van der Waals surface area contributed by atoms with E-state index in [0.29, 0.717) is 42.0 Å². The summed E-state index contributed by atoms with van der Waals surface area (Å²) >= 11 is 0. The summed E-state index contributed by atoms with van der Waals surface area (Å²) in [5.41, 5.74) is 10.8. The van der Waals surface area contributed by atoms with E-state index >= 15 is 0 Å². The van der Waals surface area contributed by atoms with Gasteiger partial charge in [0.25, 0.3) is 11.8 Å². The molecule has 0 spiro atoms. The lowest BCUT2D eigenvalue weighted by Gasteiger charge is -2.30. The maximum atomic E-state index is 13.4. The number of nitrogens with zero attached hydrogens (tertiary/aromatic N) is 6. The molecule has 1 unspecified atom stereocenters. The van der Waals surface area contributed by atoms with Crippen molar-refractivity contribution in [1.82, 2.24) is 28.7 Å². The number of fused-ring (bicyclic) bond motifs is 2. The smallest absolute Gasteiger partial charge is 0.260 e. The molecule has 1 aliphatic heterocycles. The average Bonchev–Trinajstić information content (AvgIpc) is 3.64. The molecule has 1 saturated heterocycles. The Kier molecular flexibility index (Phi) is 7.06. The second-order valence-electron chi connectivity index (χ2n) is 11.4. The SMILES string of the molecule is COc1cc(C(=O)N2CCCC(N)C2)cc2nc(-c3cc4ccc(OCC(=O)N(C)C)nc4n3CC3CC3)c(C)n12. The summed E-state index contributed by atoms with van der Waals surface area (Å²) in [5, 5.41) is 0.965. The van der Waals surface area contributed by atoms with E-state index in [-0.39, 0.29) is 24.5 Å². The monoisotopic (exact) mass is 559 g/mol. The number of amides is 2. The van der Waals surface area contributed by atoms with Crippen molar-refractivity contribution >= 4 is 28.5 Å². The Bertz CT molecular complexity index is 1640. The van der Waals surface area contributed by atoms with Gasteiger partial charge in [-0.25, -0.2) is 4.98 Å². The van der Waals surface area contributed by atoms with Crippen LogP contribution in [0.5, 0.6) is 11.8 Å². The van der Waals surface area contributed by atoms with E-state index in [4.69, 9.17) is 25.2 Å². The lowest BCUT2D eigenvalue weighted by molar-refractivity contribution is -0.130. The quantitative estimate of drug-likeness (QED) is 0.352. The molecule has 11 heteroatoms. The highest BCUT2D eigenvalue weighted by atomic mass is 16.5. The molecule has 2 amide bonds. The maximum absolute atomic E-state index is 13.4. The minimum Gasteiger partial charge on any atom is -0.482 e. The van der Waals surface area contributed by atoms with Crippen LogP contribution >= 0.6 is 0 Å². The van der Waals surface area contributed by atoms with Crippen molar-refractivity contribution in [2.24, 2.45) is 11.7 Å². The first-order valence-electron chi connectivity index (χ1n) is 14.2. The number of carbonyl (C=O) groups excluding carboxylic acids is 2. The summed E-state index contributed by atoms with van der Waals surface area (Å²) in [6.07, 6.45) is 4.18. The van der Waals surface area contributed by atoms with Gasteiger partial charge in [-0.3, -0.25) is 14.0 Å². The third kappa shape index (κ3) is 5.21. The second kappa shape index (κ2) is 10.7. The molecule has 6 rings (SSSR count). The van der Waals surface area contributed by atoms with Gasteiger partial charge in [0, 0.05) is 62.9 Å². The summed E-state index contributed by atoms with van der Waals surface area (Å²) in [5.74, 6) is 1.35. The fourth-order valence-electron chi connectivity index (χ4n) is 5.56. The normalized spacial score (nSPS) is 17.3. The van der Waals surface area contributed by atoms with Crippen LogP contribution in [0.3, 0.4) is 0 Å². The molecule has 4 aromatic heterocycles. The zero-order valence-corrected chi connectivity index (χ0v) is 24.1. The second-order valence-corrected chi connectivity index (χ2v) is 11.4. The molecule has 1 saturated carbocycles. The molecular formula is C30H37N7O4. The van der Waals surface area contributed by atoms with Crippen LogP contribution in [-0.4, -0.2) is 87.5 Å². The number of imidazole rings is 1. The van der Waals surface area contributed by atoms with Crippen LogP contribution in [-0.2, 0) is 11.3 Å². The summed E-state index contributed by atoms with van der Waals surface area (Å²) in [6, 6.07) is 9.48. The molecule has 2 aliphatic rings. The van der Waals surface area contributed by atoms with Crippen LogP contribution in [0.25, 0.3) is 28.1 Å². The first-order valence-corrected chi connectivity index (χ1v) is 14.2. The number of nitrogens with two attached hydrogens (primary N) is 1. The lowest BCUT2D eigenvalue weighted by atomic mass is 10.1. The summed E-state index contributed by atoms with van der Waals surface area (Å²) in [7, 11) is 5.00. The van der Waals surface area contributed by atoms with Crippen molar-refractivity contribution in [1.29, 1.82) is 0 Å². The average molecular weight is 560 g/mol. The van der Waals surface area contributed by atoms with Crippen molar-refractivity contribution in [2.45, 2.75) is 45.2 Å². The van der Waals surface area contributed by atoms with Crippen molar-refractivity contribution in [3.8, 4) is 23.1 Å². The number of likely N-dealkylation sites (N-methyl/N-ethyl adjacent to an activating group) is 1. The number of rotatable bonds is 8. The van der Waals surface area contributed by atoms with Gasteiger partial charge in [-0.15, -0.1) is 0 Å². The fraction of sp³-hybridized carbons (Fsp3) is 0.467. The molecule has 2 fully saturated rings. The van der Waals surface area contributed by atoms with Crippen molar-refractivity contribution in [3.05, 3.63) is 41.6 Å². The van der Waals surface area contributed by atoms with Gasteiger partial charge in [-0.2, -0.15) is 4.98 Å². The lowest BCUT2D eigenvalue weighted by Crippen LogP contribution is -2.45. The van der Waals surface area contributed by atoms with Gasteiger partial charge in [0.15, 0.2) is 12.5 Å². The molecule has 11 nitrogen and oxygen atoms in total. The van der Waals surface area contributed by atoms with E-state index in [1.54, 1.807) is 33.3 Å². The number of hydrogen-bond donors (Lipinski definition) is 1. The van der Waals surface area contributed by atoms with Crippen LogP contribution in [0.15, 0.2) is 30.3 Å². The molecule has 5 heterocycles. The Balaban J connectivity index is 1.41. The first kappa shape index (κ1) is 27.1. The molecule has 0 radical (unpaired) electrons. The molecule has 41 heavy (non-hydrogen) atoms. The highest BCUT2D eigenvalue weighted by Gasteiger charge is 2.28. The number of aromatic nitrogens is 4. The number of likely N-dealkylation sites (tertiary alicyclic amines) is 1. The van der Waals surface area contributed by atoms with Crippen molar-refractivity contribution < 1.29 is 19.1 Å². The molecule has 4 aromatic rings. The molecule has 216 valence electrons. The van der Waals surface area contributed by atoms with E-state index in [0.717, 1.165) is 47.5 Å². The van der Waals surface area contributed by atoms with Gasteiger partial charge in [0.2, 0.25) is 5.88 Å². The van der Waals surface area contributed by atoms with Crippen molar-refractivity contribution in [2.75, 3.05) is 40.9 Å². The van der Waals surface area contributed by atoms with E-state index in [1.807, 2.05) is 28.4 Å². The van der Waals surface area contributed by atoms with Gasteiger partial charge < -0.3 is 29.6 Å². The number of hydrogen-bond acceptors (Lipinski definition) is 7. The topological polar surface area (TPSA) is 120 Å². The minimum absolute atomic E-state index is 0.0000157. The first-order chi connectivity index (χ1) is 19.7. The van der Waals surface area contributed by atoms with Gasteiger partial charge in [0.05, 0.1) is 18.5 Å². The van der Waals surface area contributed by atoms with Crippen LogP contribution in [0.1, 0.15) is 41.7 Å². The third-order valence-corrected chi connectivity index (χ3v) is 8.06. The van der Waals surface area contributed by atoms with Crippen LogP contribution < -0.4 is 15.2 Å².